The first-order valence-corrected chi connectivity index (χ1v) is 11.5. The van der Waals surface area contributed by atoms with E-state index >= 15 is 0 Å². The molecule has 0 aliphatic heterocycles. The maximum atomic E-state index is 12.8. The second-order valence-corrected chi connectivity index (χ2v) is 9.12. The Bertz CT molecular complexity index is 658. The molecule has 1 aromatic carbocycles. The predicted molar refractivity (Wildman–Crippen MR) is 122 cm³/mol. The average molecular weight is 437 g/mol. The summed E-state index contributed by atoms with van der Waals surface area (Å²) >= 11 is 6.30. The molecule has 5 nitrogen and oxygen atoms in total. The van der Waals surface area contributed by atoms with Gasteiger partial charge in [0.05, 0.1) is 17.2 Å². The van der Waals surface area contributed by atoms with Gasteiger partial charge in [0.2, 0.25) is 0 Å². The maximum Gasteiger partial charge on any atom is 0.252 e. The SMILES string of the molecule is O=C(NCC12CCCC(CCC1)C2)c1cc(OCCCNCCCO)ccc1Cl.[CH2]. The lowest BCUT2D eigenvalue weighted by molar-refractivity contribution is 0.0681. The summed E-state index contributed by atoms with van der Waals surface area (Å²) in [6.45, 7) is 3.18. The van der Waals surface area contributed by atoms with E-state index in [2.05, 4.69) is 10.6 Å². The van der Waals surface area contributed by atoms with Gasteiger partial charge in [-0.3, -0.25) is 4.79 Å². The van der Waals surface area contributed by atoms with Crippen molar-refractivity contribution in [1.82, 2.24) is 10.6 Å². The largest absolute Gasteiger partial charge is 0.494 e. The van der Waals surface area contributed by atoms with Crippen LogP contribution in [0.3, 0.4) is 0 Å². The Morgan fingerprint density at radius 1 is 1.20 bits per heavy atom. The van der Waals surface area contributed by atoms with Crippen molar-refractivity contribution in [3.8, 4) is 5.75 Å². The van der Waals surface area contributed by atoms with Crippen LogP contribution in [0.4, 0.5) is 0 Å². The van der Waals surface area contributed by atoms with Crippen LogP contribution in [0.15, 0.2) is 18.2 Å². The van der Waals surface area contributed by atoms with Crippen LogP contribution in [-0.2, 0) is 0 Å². The number of halogens is 1. The normalized spacial score (nSPS) is 22.8. The molecule has 30 heavy (non-hydrogen) atoms. The van der Waals surface area contributed by atoms with Crippen LogP contribution in [0, 0.1) is 18.8 Å². The lowest BCUT2D eigenvalue weighted by Gasteiger charge is -2.45. The van der Waals surface area contributed by atoms with Gasteiger partial charge in [-0.15, -0.1) is 0 Å². The summed E-state index contributed by atoms with van der Waals surface area (Å²) in [6, 6.07) is 5.30. The van der Waals surface area contributed by atoms with E-state index in [1.165, 1.54) is 44.9 Å². The Morgan fingerprint density at radius 3 is 2.67 bits per heavy atom. The van der Waals surface area contributed by atoms with Crippen molar-refractivity contribution in [1.29, 1.82) is 0 Å². The molecule has 2 radical (unpaired) electrons. The van der Waals surface area contributed by atoms with Gasteiger partial charge in [-0.05, 0) is 74.7 Å². The number of carbonyl (C=O) groups excluding carboxylic acids is 1. The van der Waals surface area contributed by atoms with Gasteiger partial charge >= 0.3 is 0 Å². The van der Waals surface area contributed by atoms with Gasteiger partial charge in [0, 0.05) is 13.2 Å². The summed E-state index contributed by atoms with van der Waals surface area (Å²) in [4.78, 5) is 12.8. The van der Waals surface area contributed by atoms with E-state index in [0.29, 0.717) is 28.4 Å². The highest BCUT2D eigenvalue weighted by Crippen LogP contribution is 2.48. The van der Waals surface area contributed by atoms with Crippen molar-refractivity contribution >= 4 is 17.5 Å². The summed E-state index contributed by atoms with van der Waals surface area (Å²) in [5.41, 5.74) is 0.783. The third-order valence-corrected chi connectivity index (χ3v) is 6.77. The van der Waals surface area contributed by atoms with Crippen molar-refractivity contribution in [2.75, 3.05) is 32.8 Å². The Balaban J connectivity index is 0.00000320. The molecule has 3 N–H and O–H groups in total. The number of amides is 1. The minimum atomic E-state index is -0.104. The van der Waals surface area contributed by atoms with Crippen molar-refractivity contribution in [2.24, 2.45) is 11.3 Å². The van der Waals surface area contributed by atoms with Gasteiger partial charge in [0.1, 0.15) is 5.75 Å². The van der Waals surface area contributed by atoms with E-state index < -0.39 is 0 Å². The Labute approximate surface area is 186 Å². The van der Waals surface area contributed by atoms with E-state index in [-0.39, 0.29) is 19.9 Å². The number of ether oxygens (including phenoxy) is 1. The molecule has 3 rings (SSSR count). The number of aliphatic hydroxyl groups is 1. The van der Waals surface area contributed by atoms with Crippen LogP contribution in [0.2, 0.25) is 5.02 Å². The highest BCUT2D eigenvalue weighted by molar-refractivity contribution is 6.33. The topological polar surface area (TPSA) is 70.6 Å². The van der Waals surface area contributed by atoms with E-state index in [1.807, 2.05) is 6.07 Å². The van der Waals surface area contributed by atoms with Gasteiger partial charge in [-0.2, -0.15) is 0 Å². The molecule has 0 heterocycles. The Morgan fingerprint density at radius 2 is 1.93 bits per heavy atom. The number of rotatable bonds is 11. The first-order chi connectivity index (χ1) is 14.1. The number of benzene rings is 1. The van der Waals surface area contributed by atoms with E-state index in [9.17, 15) is 4.79 Å². The molecule has 1 aromatic rings. The molecule has 2 saturated carbocycles. The summed E-state index contributed by atoms with van der Waals surface area (Å²) < 4.78 is 5.79. The number of fused-ring (bicyclic) bond motifs is 2. The maximum absolute atomic E-state index is 12.8. The fourth-order valence-electron chi connectivity index (χ4n) is 4.92. The van der Waals surface area contributed by atoms with Crippen LogP contribution in [0.5, 0.6) is 5.75 Å². The summed E-state index contributed by atoms with van der Waals surface area (Å²) in [7, 11) is 0. The Hall–Kier alpha value is -1.30. The van der Waals surface area contributed by atoms with E-state index in [1.54, 1.807) is 12.1 Å². The fraction of sp³-hybridized carbons (Fsp3) is 0.667. The summed E-state index contributed by atoms with van der Waals surface area (Å²) in [5, 5.41) is 15.6. The molecule has 2 bridgehead atoms. The van der Waals surface area contributed by atoms with Crippen LogP contribution in [-0.4, -0.2) is 43.9 Å². The zero-order chi connectivity index (χ0) is 20.5. The molecular formula is C24H37ClN2O3. The third kappa shape index (κ3) is 7.14. The van der Waals surface area contributed by atoms with Gasteiger partial charge in [-0.1, -0.05) is 44.7 Å². The molecule has 2 aliphatic carbocycles. The second kappa shape index (κ2) is 12.5. The third-order valence-electron chi connectivity index (χ3n) is 6.45. The van der Waals surface area contributed by atoms with Crippen molar-refractivity contribution in [2.45, 2.75) is 57.8 Å². The zero-order valence-corrected chi connectivity index (χ0v) is 18.8. The minimum Gasteiger partial charge on any atom is -0.494 e. The molecule has 0 unspecified atom stereocenters. The fourth-order valence-corrected chi connectivity index (χ4v) is 5.12. The average Bonchev–Trinajstić information content (AvgIpc) is 2.72. The molecule has 0 spiro atoms. The molecule has 0 saturated heterocycles. The zero-order valence-electron chi connectivity index (χ0n) is 18.1. The number of nitrogens with one attached hydrogen (secondary N) is 2. The lowest BCUT2D eigenvalue weighted by Crippen LogP contribution is -2.43. The smallest absolute Gasteiger partial charge is 0.252 e. The molecule has 0 aromatic heterocycles. The monoisotopic (exact) mass is 436 g/mol. The standard InChI is InChI=1S/C23H35ClN2O3.CH2/c24-21-8-7-19(29-14-4-12-25-11-3-13-27)15-20(21)22(28)26-17-23-9-1-5-18(16-23)6-2-10-23;/h7-8,15,18,25,27H,1-6,9-14,16-17H2,(H,26,28);1H2. The van der Waals surface area contributed by atoms with Crippen LogP contribution < -0.4 is 15.4 Å². The molecular weight excluding hydrogens is 400 g/mol. The predicted octanol–water partition coefficient (Wildman–Crippen LogP) is 4.50. The molecule has 6 heteroatoms. The molecule has 0 atom stereocenters. The minimum absolute atomic E-state index is 0. The first kappa shape index (κ1) is 25.0. The van der Waals surface area contributed by atoms with Crippen molar-refractivity contribution in [3.63, 3.8) is 0 Å². The van der Waals surface area contributed by atoms with Gasteiger partial charge in [0.15, 0.2) is 0 Å². The van der Waals surface area contributed by atoms with E-state index in [4.69, 9.17) is 21.4 Å². The van der Waals surface area contributed by atoms with Gasteiger partial charge in [-0.25, -0.2) is 0 Å². The number of hydrogen-bond acceptors (Lipinski definition) is 4. The van der Waals surface area contributed by atoms with Crippen LogP contribution >= 0.6 is 11.6 Å². The highest BCUT2D eigenvalue weighted by Gasteiger charge is 2.39. The summed E-state index contributed by atoms with van der Waals surface area (Å²) in [5.74, 6) is 1.42. The molecule has 168 valence electrons. The Kier molecular flexibility index (Phi) is 10.4. The number of hydrogen-bond donors (Lipinski definition) is 3. The van der Waals surface area contributed by atoms with Gasteiger partial charge in [0.25, 0.3) is 5.91 Å². The van der Waals surface area contributed by atoms with E-state index in [0.717, 1.165) is 38.4 Å². The summed E-state index contributed by atoms with van der Waals surface area (Å²) in [6.07, 6.45) is 10.6. The van der Waals surface area contributed by atoms with Crippen LogP contribution in [0.25, 0.3) is 0 Å². The number of aliphatic hydroxyl groups excluding tert-OH is 1. The molecule has 2 aliphatic rings. The first-order valence-electron chi connectivity index (χ1n) is 11.1. The van der Waals surface area contributed by atoms with Gasteiger partial charge < -0.3 is 20.5 Å². The molecule has 2 fully saturated rings. The molecule has 1 amide bonds. The van der Waals surface area contributed by atoms with Crippen molar-refractivity contribution < 1.29 is 14.6 Å². The second-order valence-electron chi connectivity index (χ2n) is 8.71. The lowest BCUT2D eigenvalue weighted by atomic mass is 9.62. The quantitative estimate of drug-likeness (QED) is 0.447. The highest BCUT2D eigenvalue weighted by atomic mass is 35.5. The van der Waals surface area contributed by atoms with Crippen LogP contribution in [0.1, 0.15) is 68.1 Å². The van der Waals surface area contributed by atoms with Crippen molar-refractivity contribution in [3.05, 3.63) is 36.2 Å². The number of carbonyl (C=O) groups is 1.